The Morgan fingerprint density at radius 2 is 2.00 bits per heavy atom. The standard InChI is InChI=1S/C20H24N2O3S2/c1-15(25-18(23)14-27-17-10-6-3-7-11-17)19(24)22(20-21-12-13-26-20)16-8-4-2-5-9-16/h3,6-7,10-13,15-16H,2,4-5,8-9,14H2,1H3. The number of anilines is 1. The van der Waals surface area contributed by atoms with Crippen molar-refractivity contribution in [3.05, 3.63) is 41.9 Å². The molecule has 0 spiro atoms. The van der Waals surface area contributed by atoms with Gasteiger partial charge in [-0.25, -0.2) is 4.98 Å². The van der Waals surface area contributed by atoms with E-state index in [0.29, 0.717) is 5.13 Å². The lowest BCUT2D eigenvalue weighted by Crippen LogP contribution is -2.47. The van der Waals surface area contributed by atoms with Crippen LogP contribution in [-0.2, 0) is 14.3 Å². The van der Waals surface area contributed by atoms with Crippen LogP contribution in [0.5, 0.6) is 0 Å². The summed E-state index contributed by atoms with van der Waals surface area (Å²) in [5.41, 5.74) is 0. The average Bonchev–Trinajstić information content (AvgIpc) is 3.22. The number of amides is 1. The maximum Gasteiger partial charge on any atom is 0.317 e. The van der Waals surface area contributed by atoms with Gasteiger partial charge in [-0.05, 0) is 31.9 Å². The fourth-order valence-corrected chi connectivity index (χ4v) is 4.66. The van der Waals surface area contributed by atoms with Crippen molar-refractivity contribution in [1.29, 1.82) is 0 Å². The van der Waals surface area contributed by atoms with Gasteiger partial charge in [0, 0.05) is 22.5 Å². The van der Waals surface area contributed by atoms with Crippen LogP contribution in [0.15, 0.2) is 46.8 Å². The Kier molecular flexibility index (Phi) is 7.29. The molecule has 1 aromatic carbocycles. The lowest BCUT2D eigenvalue weighted by Gasteiger charge is -2.33. The first-order chi connectivity index (χ1) is 13.1. The number of hydrogen-bond donors (Lipinski definition) is 0. The van der Waals surface area contributed by atoms with E-state index < -0.39 is 6.10 Å². The summed E-state index contributed by atoms with van der Waals surface area (Å²) in [6.45, 7) is 1.65. The molecule has 2 aromatic rings. The summed E-state index contributed by atoms with van der Waals surface area (Å²) in [6.07, 6.45) is 6.25. The number of carbonyl (C=O) groups excluding carboxylic acids is 2. The smallest absolute Gasteiger partial charge is 0.317 e. The van der Waals surface area contributed by atoms with Crippen molar-refractivity contribution in [1.82, 2.24) is 4.98 Å². The van der Waals surface area contributed by atoms with Crippen LogP contribution in [-0.4, -0.2) is 34.8 Å². The van der Waals surface area contributed by atoms with Gasteiger partial charge in [0.2, 0.25) is 0 Å². The summed E-state index contributed by atoms with van der Waals surface area (Å²) in [5, 5.41) is 2.56. The number of thioether (sulfide) groups is 1. The number of hydrogen-bond acceptors (Lipinski definition) is 6. The Morgan fingerprint density at radius 1 is 1.26 bits per heavy atom. The molecule has 5 nitrogen and oxygen atoms in total. The molecule has 0 N–H and O–H groups in total. The molecule has 3 rings (SSSR count). The molecule has 1 aliphatic rings. The Balaban J connectivity index is 1.60. The van der Waals surface area contributed by atoms with Crippen LogP contribution in [0.1, 0.15) is 39.0 Å². The van der Waals surface area contributed by atoms with E-state index in [4.69, 9.17) is 4.74 Å². The maximum absolute atomic E-state index is 13.1. The summed E-state index contributed by atoms with van der Waals surface area (Å²) in [7, 11) is 0. The molecular formula is C20H24N2O3S2. The van der Waals surface area contributed by atoms with Crippen molar-refractivity contribution >= 4 is 40.1 Å². The number of esters is 1. The molecule has 1 fully saturated rings. The predicted octanol–water partition coefficient (Wildman–Crippen LogP) is 4.53. The van der Waals surface area contributed by atoms with E-state index in [1.165, 1.54) is 29.5 Å². The van der Waals surface area contributed by atoms with Crippen LogP contribution in [0.2, 0.25) is 0 Å². The predicted molar refractivity (Wildman–Crippen MR) is 109 cm³/mol. The van der Waals surface area contributed by atoms with Crippen molar-refractivity contribution in [3.63, 3.8) is 0 Å². The summed E-state index contributed by atoms with van der Waals surface area (Å²) in [4.78, 5) is 32.3. The van der Waals surface area contributed by atoms with Crippen LogP contribution in [0.25, 0.3) is 0 Å². The van der Waals surface area contributed by atoms with E-state index in [1.54, 1.807) is 18.0 Å². The van der Waals surface area contributed by atoms with Crippen molar-refractivity contribution in [2.45, 2.75) is 56.1 Å². The first-order valence-corrected chi connectivity index (χ1v) is 11.1. The molecule has 1 unspecified atom stereocenters. The van der Waals surface area contributed by atoms with Gasteiger partial charge in [0.1, 0.15) is 0 Å². The van der Waals surface area contributed by atoms with E-state index in [1.807, 2.05) is 35.7 Å². The largest absolute Gasteiger partial charge is 0.452 e. The van der Waals surface area contributed by atoms with Crippen LogP contribution in [0, 0.1) is 0 Å². The molecule has 1 heterocycles. The van der Waals surface area contributed by atoms with E-state index in [-0.39, 0.29) is 23.7 Å². The lowest BCUT2D eigenvalue weighted by atomic mass is 9.94. The second-order valence-electron chi connectivity index (χ2n) is 6.55. The highest BCUT2D eigenvalue weighted by Crippen LogP contribution is 2.29. The highest BCUT2D eigenvalue weighted by atomic mass is 32.2. The second kappa shape index (κ2) is 9.90. The number of rotatable bonds is 7. The number of aromatic nitrogens is 1. The van der Waals surface area contributed by atoms with Gasteiger partial charge in [-0.15, -0.1) is 23.1 Å². The highest BCUT2D eigenvalue weighted by molar-refractivity contribution is 8.00. The molecule has 1 aromatic heterocycles. The van der Waals surface area contributed by atoms with Crippen LogP contribution < -0.4 is 4.90 Å². The third kappa shape index (κ3) is 5.56. The minimum Gasteiger partial charge on any atom is -0.452 e. The minimum atomic E-state index is -0.820. The number of nitrogens with zero attached hydrogens (tertiary/aromatic N) is 2. The molecule has 144 valence electrons. The van der Waals surface area contributed by atoms with E-state index in [0.717, 1.165) is 30.6 Å². The fourth-order valence-electron chi connectivity index (χ4n) is 3.24. The van der Waals surface area contributed by atoms with Crippen molar-refractivity contribution in [3.8, 4) is 0 Å². The molecule has 1 atom stereocenters. The van der Waals surface area contributed by atoms with E-state index in [2.05, 4.69) is 4.98 Å². The monoisotopic (exact) mass is 404 g/mol. The van der Waals surface area contributed by atoms with Gasteiger partial charge in [-0.1, -0.05) is 37.5 Å². The topological polar surface area (TPSA) is 59.5 Å². The van der Waals surface area contributed by atoms with Crippen LogP contribution >= 0.6 is 23.1 Å². The van der Waals surface area contributed by atoms with Gasteiger partial charge in [0.05, 0.1) is 5.75 Å². The van der Waals surface area contributed by atoms with Gasteiger partial charge in [-0.3, -0.25) is 14.5 Å². The zero-order chi connectivity index (χ0) is 19.1. The van der Waals surface area contributed by atoms with Crippen LogP contribution in [0.3, 0.4) is 0 Å². The van der Waals surface area contributed by atoms with Gasteiger partial charge in [0.15, 0.2) is 11.2 Å². The molecule has 0 bridgehead atoms. The SMILES string of the molecule is CC(OC(=O)CSc1ccccc1)C(=O)N(c1nccs1)C1CCCCC1. The zero-order valence-corrected chi connectivity index (χ0v) is 17.0. The Bertz CT molecular complexity index is 731. The second-order valence-corrected chi connectivity index (χ2v) is 8.47. The molecule has 0 saturated heterocycles. The highest BCUT2D eigenvalue weighted by Gasteiger charge is 2.33. The summed E-state index contributed by atoms with van der Waals surface area (Å²) in [6, 6.07) is 9.81. The van der Waals surface area contributed by atoms with Crippen molar-refractivity contribution in [2.24, 2.45) is 0 Å². The third-order valence-electron chi connectivity index (χ3n) is 4.56. The maximum atomic E-state index is 13.1. The van der Waals surface area contributed by atoms with E-state index in [9.17, 15) is 9.59 Å². The molecule has 1 amide bonds. The fraction of sp³-hybridized carbons (Fsp3) is 0.450. The first-order valence-electron chi connectivity index (χ1n) is 9.25. The quantitative estimate of drug-likeness (QED) is 0.501. The zero-order valence-electron chi connectivity index (χ0n) is 15.4. The van der Waals surface area contributed by atoms with Gasteiger partial charge < -0.3 is 4.74 Å². The third-order valence-corrected chi connectivity index (χ3v) is 6.31. The summed E-state index contributed by atoms with van der Waals surface area (Å²) >= 11 is 2.85. The molecule has 0 aliphatic heterocycles. The number of ether oxygens (including phenoxy) is 1. The van der Waals surface area contributed by atoms with Crippen LogP contribution in [0.4, 0.5) is 5.13 Å². The number of thiazole rings is 1. The molecule has 27 heavy (non-hydrogen) atoms. The van der Waals surface area contributed by atoms with Gasteiger partial charge in [-0.2, -0.15) is 0 Å². The number of benzene rings is 1. The summed E-state index contributed by atoms with van der Waals surface area (Å²) < 4.78 is 5.43. The molecular weight excluding hydrogens is 380 g/mol. The molecule has 1 aliphatic carbocycles. The Hall–Kier alpha value is -1.86. The Morgan fingerprint density at radius 3 is 2.67 bits per heavy atom. The molecule has 0 radical (unpaired) electrons. The Labute approximate surface area is 168 Å². The van der Waals surface area contributed by atoms with Crippen molar-refractivity contribution in [2.75, 3.05) is 10.7 Å². The average molecular weight is 405 g/mol. The number of carbonyl (C=O) groups is 2. The lowest BCUT2D eigenvalue weighted by molar-refractivity contribution is -0.151. The molecule has 7 heteroatoms. The summed E-state index contributed by atoms with van der Waals surface area (Å²) in [5.74, 6) is -0.384. The van der Waals surface area contributed by atoms with Gasteiger partial charge >= 0.3 is 5.97 Å². The van der Waals surface area contributed by atoms with E-state index >= 15 is 0 Å². The molecule has 1 saturated carbocycles. The van der Waals surface area contributed by atoms with Crippen molar-refractivity contribution < 1.29 is 14.3 Å². The first kappa shape index (κ1) is 19.9. The minimum absolute atomic E-state index is 0.136. The van der Waals surface area contributed by atoms with Gasteiger partial charge in [0.25, 0.3) is 5.91 Å². The normalized spacial score (nSPS) is 15.9.